The number of rotatable bonds is 2. The van der Waals surface area contributed by atoms with Gasteiger partial charge < -0.3 is 4.57 Å². The molecule has 0 N–H and O–H groups in total. The minimum Gasteiger partial charge on any atom is -0.309 e. The number of benzene rings is 7. The maximum Gasteiger partial charge on any atom is 0.263 e. The second-order valence-electron chi connectivity index (χ2n) is 12.4. The first-order valence-corrected chi connectivity index (χ1v) is 16.7. The zero-order valence-electron chi connectivity index (χ0n) is 25.1. The van der Waals surface area contributed by atoms with Gasteiger partial charge in [-0.25, -0.2) is 0 Å². The maximum absolute atomic E-state index is 14.1. The average molecular weight is 617 g/mol. The Morgan fingerprint density at radius 3 is 2.04 bits per heavy atom. The van der Waals surface area contributed by atoms with E-state index in [0.717, 1.165) is 54.8 Å². The van der Waals surface area contributed by atoms with E-state index in [9.17, 15) is 4.79 Å². The summed E-state index contributed by atoms with van der Waals surface area (Å²) in [5, 5.41) is 10.2. The summed E-state index contributed by atoms with van der Waals surface area (Å²) in [7, 11) is 0. The van der Waals surface area contributed by atoms with Gasteiger partial charge in [-0.05, 0) is 53.4 Å². The molecule has 0 fully saturated rings. The molecule has 3 nitrogen and oxygen atoms in total. The molecule has 11 aromatic rings. The molecule has 0 aliphatic rings. The van der Waals surface area contributed by atoms with Crippen LogP contribution in [0.5, 0.6) is 0 Å². The molecule has 0 unspecified atom stereocenters. The Morgan fingerprint density at radius 1 is 0.468 bits per heavy atom. The van der Waals surface area contributed by atoms with E-state index in [4.69, 9.17) is 0 Å². The summed E-state index contributed by atoms with van der Waals surface area (Å²) in [4.78, 5) is 14.1. The van der Waals surface area contributed by atoms with Crippen molar-refractivity contribution in [2.24, 2.45) is 0 Å². The second-order valence-corrected chi connectivity index (χ2v) is 13.5. The number of hydrogen-bond acceptors (Lipinski definition) is 2. The average Bonchev–Trinajstić information content (AvgIpc) is 3.79. The molecule has 0 atom stereocenters. The minimum atomic E-state index is 0.0273. The third kappa shape index (κ3) is 3.22. The van der Waals surface area contributed by atoms with E-state index in [2.05, 4.69) is 126 Å². The monoisotopic (exact) mass is 616 g/mol. The molecule has 0 aliphatic heterocycles. The minimum absolute atomic E-state index is 0.0273. The summed E-state index contributed by atoms with van der Waals surface area (Å²) in [5.74, 6) is 0. The molecule has 0 saturated carbocycles. The lowest BCUT2D eigenvalue weighted by atomic mass is 9.97. The Labute approximate surface area is 272 Å². The highest BCUT2D eigenvalue weighted by molar-refractivity contribution is 7.26. The standard InChI is InChI=1S/C43H24N2OS/c46-43-32-21-20-25(24-34(32)30-15-9-14-29-27-11-2-6-17-36(27)45(43)41(29)30)26-10-1-5-16-35(26)44-37-18-7-3-13-33(37)40-38(44)23-22-31-28-12-4-8-19-39(28)47-42(31)40/h1-24H. The number of hydrogen-bond donors (Lipinski definition) is 0. The van der Waals surface area contributed by atoms with Crippen LogP contribution in [0.4, 0.5) is 0 Å². The highest BCUT2D eigenvalue weighted by Crippen LogP contribution is 2.44. The van der Waals surface area contributed by atoms with Gasteiger partial charge in [-0.1, -0.05) is 103 Å². The van der Waals surface area contributed by atoms with Crippen LogP contribution in [0.15, 0.2) is 150 Å². The van der Waals surface area contributed by atoms with E-state index in [0.29, 0.717) is 0 Å². The molecule has 0 aliphatic carbocycles. The van der Waals surface area contributed by atoms with Gasteiger partial charge in [-0.15, -0.1) is 11.3 Å². The van der Waals surface area contributed by atoms with Crippen molar-refractivity contribution in [2.45, 2.75) is 0 Å². The maximum atomic E-state index is 14.1. The lowest BCUT2D eigenvalue weighted by molar-refractivity contribution is 1.18. The molecule has 4 heterocycles. The predicted octanol–water partition coefficient (Wildman–Crippen LogP) is 11.3. The van der Waals surface area contributed by atoms with Gasteiger partial charge in [0, 0.05) is 58.1 Å². The topological polar surface area (TPSA) is 26.4 Å². The van der Waals surface area contributed by atoms with Crippen LogP contribution in [0.25, 0.3) is 96.8 Å². The first-order chi connectivity index (χ1) is 23.3. The number of fused-ring (bicyclic) bond motifs is 12. The van der Waals surface area contributed by atoms with E-state index in [1.807, 2.05) is 40.0 Å². The van der Waals surface area contributed by atoms with Gasteiger partial charge in [0.1, 0.15) is 0 Å². The van der Waals surface area contributed by atoms with Gasteiger partial charge in [0.2, 0.25) is 0 Å². The molecule has 4 aromatic heterocycles. The van der Waals surface area contributed by atoms with Crippen molar-refractivity contribution >= 4 is 91.3 Å². The van der Waals surface area contributed by atoms with Crippen molar-refractivity contribution in [3.63, 3.8) is 0 Å². The Balaban J connectivity index is 1.22. The zero-order valence-corrected chi connectivity index (χ0v) is 25.9. The van der Waals surface area contributed by atoms with Crippen LogP contribution < -0.4 is 5.56 Å². The lowest BCUT2D eigenvalue weighted by Crippen LogP contribution is -2.12. The predicted molar refractivity (Wildman–Crippen MR) is 200 cm³/mol. The molecule has 218 valence electrons. The van der Waals surface area contributed by atoms with E-state index >= 15 is 0 Å². The quantitative estimate of drug-likeness (QED) is 0.178. The van der Waals surface area contributed by atoms with Crippen LogP contribution in [0, 0.1) is 0 Å². The van der Waals surface area contributed by atoms with Crippen LogP contribution in [0.1, 0.15) is 0 Å². The molecule has 0 bridgehead atoms. The van der Waals surface area contributed by atoms with Crippen LogP contribution in [-0.2, 0) is 0 Å². The van der Waals surface area contributed by atoms with Crippen molar-refractivity contribution < 1.29 is 0 Å². The zero-order chi connectivity index (χ0) is 30.8. The molecule has 47 heavy (non-hydrogen) atoms. The normalized spacial score (nSPS) is 12.3. The SMILES string of the molecule is O=c1c2ccc(-c3ccccc3-n3c4ccccc4c4c5sc6ccccc6c5ccc43)cc2c2cccc3c4ccccc4n1c23. The first kappa shape index (κ1) is 25.2. The summed E-state index contributed by atoms with van der Waals surface area (Å²) in [6.07, 6.45) is 0. The van der Waals surface area contributed by atoms with Crippen LogP contribution in [-0.4, -0.2) is 8.97 Å². The molecule has 0 amide bonds. The van der Waals surface area contributed by atoms with Crippen molar-refractivity contribution in [3.8, 4) is 16.8 Å². The molecule has 4 heteroatoms. The van der Waals surface area contributed by atoms with E-state index < -0.39 is 0 Å². The molecule has 11 rings (SSSR count). The van der Waals surface area contributed by atoms with E-state index in [-0.39, 0.29) is 5.56 Å². The summed E-state index contributed by atoms with van der Waals surface area (Å²) < 4.78 is 6.97. The fourth-order valence-corrected chi connectivity index (χ4v) is 9.35. The van der Waals surface area contributed by atoms with Gasteiger partial charge in [-0.2, -0.15) is 0 Å². The molecular weight excluding hydrogens is 593 g/mol. The van der Waals surface area contributed by atoms with Gasteiger partial charge in [0.15, 0.2) is 0 Å². The second kappa shape index (κ2) is 9.06. The third-order valence-corrected chi connectivity index (χ3v) is 11.3. The fraction of sp³-hybridized carbons (Fsp3) is 0. The largest absolute Gasteiger partial charge is 0.309 e. The van der Waals surface area contributed by atoms with Crippen molar-refractivity contribution in [1.29, 1.82) is 0 Å². The highest BCUT2D eigenvalue weighted by Gasteiger charge is 2.21. The Bertz CT molecular complexity index is 3160. The fourth-order valence-electron chi connectivity index (χ4n) is 8.10. The molecule has 7 aromatic carbocycles. The molecule has 0 saturated heterocycles. The summed E-state index contributed by atoms with van der Waals surface area (Å²) in [6, 6.07) is 51.7. The van der Waals surface area contributed by atoms with Crippen LogP contribution in [0.2, 0.25) is 0 Å². The highest BCUT2D eigenvalue weighted by atomic mass is 32.1. The number of thiophene rings is 1. The molecule has 0 spiro atoms. The van der Waals surface area contributed by atoms with Crippen LogP contribution >= 0.6 is 11.3 Å². The molecular formula is C43H24N2OS. The number of pyridine rings is 1. The van der Waals surface area contributed by atoms with Gasteiger partial charge in [0.05, 0.1) is 27.8 Å². The van der Waals surface area contributed by atoms with Crippen molar-refractivity contribution in [1.82, 2.24) is 8.97 Å². The van der Waals surface area contributed by atoms with Gasteiger partial charge in [0.25, 0.3) is 5.56 Å². The number of nitrogens with zero attached hydrogens (tertiary/aromatic N) is 2. The summed E-state index contributed by atoms with van der Waals surface area (Å²) >= 11 is 1.88. The van der Waals surface area contributed by atoms with Gasteiger partial charge >= 0.3 is 0 Å². The molecule has 0 radical (unpaired) electrons. The summed E-state index contributed by atoms with van der Waals surface area (Å²) in [6.45, 7) is 0. The third-order valence-electron chi connectivity index (χ3n) is 10.1. The first-order valence-electron chi connectivity index (χ1n) is 15.9. The van der Waals surface area contributed by atoms with Crippen molar-refractivity contribution in [2.75, 3.05) is 0 Å². The van der Waals surface area contributed by atoms with E-state index in [1.54, 1.807) is 0 Å². The van der Waals surface area contributed by atoms with Crippen molar-refractivity contribution in [3.05, 3.63) is 156 Å². The summed E-state index contributed by atoms with van der Waals surface area (Å²) in [5.41, 5.74) is 7.68. The Morgan fingerprint density at radius 2 is 1.15 bits per heavy atom. The van der Waals surface area contributed by atoms with E-state index in [1.165, 1.54) is 42.0 Å². The van der Waals surface area contributed by atoms with Crippen LogP contribution in [0.3, 0.4) is 0 Å². The smallest absolute Gasteiger partial charge is 0.263 e. The Kier molecular flexibility index (Phi) is 4.87. The van der Waals surface area contributed by atoms with Gasteiger partial charge in [-0.3, -0.25) is 9.20 Å². The Hall–Kier alpha value is -5.97. The number of para-hydroxylation sites is 4. The lowest BCUT2D eigenvalue weighted by Gasteiger charge is -2.15. The number of aromatic nitrogens is 2.